The molecule has 0 fully saturated rings. The van der Waals surface area contributed by atoms with Gasteiger partial charge in [0.2, 0.25) is 5.82 Å². The maximum absolute atomic E-state index is 8.83. The molecule has 2 heterocycles. The zero-order valence-corrected chi connectivity index (χ0v) is 9.95. The normalized spacial score (nSPS) is 10.3. The van der Waals surface area contributed by atoms with Crippen molar-refractivity contribution in [2.75, 3.05) is 0 Å². The largest absolute Gasteiger partial charge is 0.333 e. The number of aromatic nitrogens is 5. The standard InChI is InChI=1S/C12H8N6O/c1-7-4-8(5-13)2-3-9(7)12-16-11(18-19-12)10-14-6-15-17-10/h2-4,6H,1H3,(H,14,15,17). The van der Waals surface area contributed by atoms with Crippen molar-refractivity contribution in [3.63, 3.8) is 0 Å². The molecule has 1 N–H and O–H groups in total. The maximum atomic E-state index is 8.83. The van der Waals surface area contributed by atoms with Crippen LogP contribution in [0.1, 0.15) is 11.1 Å². The minimum atomic E-state index is 0.344. The van der Waals surface area contributed by atoms with Crippen molar-refractivity contribution in [3.8, 4) is 29.2 Å². The Morgan fingerprint density at radius 2 is 2.26 bits per heavy atom. The van der Waals surface area contributed by atoms with Crippen molar-refractivity contribution in [3.05, 3.63) is 35.7 Å². The molecule has 0 saturated carbocycles. The lowest BCUT2D eigenvalue weighted by Crippen LogP contribution is -1.86. The lowest BCUT2D eigenvalue weighted by molar-refractivity contribution is 0.431. The van der Waals surface area contributed by atoms with Crippen molar-refractivity contribution in [1.29, 1.82) is 5.26 Å². The molecule has 0 aliphatic rings. The Morgan fingerprint density at radius 3 is 2.95 bits per heavy atom. The molecular weight excluding hydrogens is 244 g/mol. The first-order chi connectivity index (χ1) is 9.28. The van der Waals surface area contributed by atoms with E-state index in [-0.39, 0.29) is 0 Å². The lowest BCUT2D eigenvalue weighted by atomic mass is 10.1. The van der Waals surface area contributed by atoms with E-state index in [9.17, 15) is 0 Å². The Morgan fingerprint density at radius 1 is 1.37 bits per heavy atom. The molecule has 92 valence electrons. The van der Waals surface area contributed by atoms with E-state index in [1.54, 1.807) is 18.2 Å². The number of aryl methyl sites for hydroxylation is 1. The van der Waals surface area contributed by atoms with Crippen LogP contribution in [0.2, 0.25) is 0 Å². The number of benzene rings is 1. The molecule has 19 heavy (non-hydrogen) atoms. The van der Waals surface area contributed by atoms with Crippen LogP contribution in [0.5, 0.6) is 0 Å². The molecule has 3 rings (SSSR count). The predicted octanol–water partition coefficient (Wildman–Crippen LogP) is 1.70. The van der Waals surface area contributed by atoms with Crippen LogP contribution in [-0.4, -0.2) is 25.3 Å². The Balaban J connectivity index is 2.02. The van der Waals surface area contributed by atoms with Gasteiger partial charge in [-0.15, -0.1) is 0 Å². The summed E-state index contributed by atoms with van der Waals surface area (Å²) < 4.78 is 5.20. The monoisotopic (exact) mass is 252 g/mol. The number of aromatic amines is 1. The van der Waals surface area contributed by atoms with Gasteiger partial charge in [-0.05, 0) is 30.7 Å². The fourth-order valence-corrected chi connectivity index (χ4v) is 1.72. The van der Waals surface area contributed by atoms with Gasteiger partial charge in [0, 0.05) is 5.56 Å². The van der Waals surface area contributed by atoms with Gasteiger partial charge in [0.15, 0.2) is 5.82 Å². The molecule has 0 aliphatic heterocycles. The molecular formula is C12H8N6O. The Bertz CT molecular complexity index is 753. The third-order valence-electron chi connectivity index (χ3n) is 2.64. The molecule has 0 radical (unpaired) electrons. The minimum Gasteiger partial charge on any atom is -0.333 e. The molecule has 0 amide bonds. The average molecular weight is 252 g/mol. The number of hydrogen-bond acceptors (Lipinski definition) is 6. The fourth-order valence-electron chi connectivity index (χ4n) is 1.72. The topological polar surface area (TPSA) is 104 Å². The van der Waals surface area contributed by atoms with Gasteiger partial charge in [0.05, 0.1) is 11.6 Å². The van der Waals surface area contributed by atoms with Gasteiger partial charge >= 0.3 is 0 Å². The van der Waals surface area contributed by atoms with Crippen molar-refractivity contribution in [2.45, 2.75) is 6.92 Å². The van der Waals surface area contributed by atoms with E-state index in [2.05, 4.69) is 31.4 Å². The molecule has 1 aromatic carbocycles. The van der Waals surface area contributed by atoms with E-state index in [1.807, 2.05) is 6.92 Å². The van der Waals surface area contributed by atoms with Crippen molar-refractivity contribution in [1.82, 2.24) is 25.3 Å². The fraction of sp³-hybridized carbons (Fsp3) is 0.0833. The van der Waals surface area contributed by atoms with E-state index in [1.165, 1.54) is 6.33 Å². The highest BCUT2D eigenvalue weighted by molar-refractivity contribution is 5.61. The van der Waals surface area contributed by atoms with Gasteiger partial charge in [-0.25, -0.2) is 4.98 Å². The number of nitrogens with zero attached hydrogens (tertiary/aromatic N) is 5. The van der Waals surface area contributed by atoms with Gasteiger partial charge in [0.25, 0.3) is 5.89 Å². The van der Waals surface area contributed by atoms with Crippen molar-refractivity contribution < 1.29 is 4.52 Å². The van der Waals surface area contributed by atoms with E-state index >= 15 is 0 Å². The van der Waals surface area contributed by atoms with E-state index in [0.717, 1.165) is 11.1 Å². The summed E-state index contributed by atoms with van der Waals surface area (Å²) in [4.78, 5) is 8.19. The van der Waals surface area contributed by atoms with Crippen LogP contribution in [-0.2, 0) is 0 Å². The van der Waals surface area contributed by atoms with Crippen molar-refractivity contribution in [2.24, 2.45) is 0 Å². The second kappa shape index (κ2) is 4.34. The Labute approximate surface area is 107 Å². The zero-order chi connectivity index (χ0) is 13.2. The van der Waals surface area contributed by atoms with E-state index in [4.69, 9.17) is 9.78 Å². The number of hydrogen-bond donors (Lipinski definition) is 1. The first-order valence-corrected chi connectivity index (χ1v) is 5.48. The minimum absolute atomic E-state index is 0.344. The second-order valence-electron chi connectivity index (χ2n) is 3.90. The third kappa shape index (κ3) is 1.95. The molecule has 2 aromatic heterocycles. The number of nitriles is 1. The first kappa shape index (κ1) is 11.1. The molecule has 7 heteroatoms. The molecule has 0 spiro atoms. The summed E-state index contributed by atoms with van der Waals surface area (Å²) in [5.74, 6) is 1.17. The van der Waals surface area contributed by atoms with Crippen LogP contribution in [0.25, 0.3) is 23.1 Å². The quantitative estimate of drug-likeness (QED) is 0.744. The van der Waals surface area contributed by atoms with E-state index < -0.39 is 0 Å². The molecule has 7 nitrogen and oxygen atoms in total. The van der Waals surface area contributed by atoms with Crippen LogP contribution in [0.4, 0.5) is 0 Å². The van der Waals surface area contributed by atoms with Crippen LogP contribution < -0.4 is 0 Å². The molecule has 0 bridgehead atoms. The third-order valence-corrected chi connectivity index (χ3v) is 2.64. The average Bonchev–Trinajstić information content (AvgIpc) is 3.09. The van der Waals surface area contributed by atoms with Crippen LogP contribution >= 0.6 is 0 Å². The summed E-state index contributed by atoms with van der Waals surface area (Å²) in [7, 11) is 0. The first-order valence-electron chi connectivity index (χ1n) is 5.48. The highest BCUT2D eigenvalue weighted by atomic mass is 16.5. The Kier molecular flexibility index (Phi) is 2.54. The van der Waals surface area contributed by atoms with Crippen LogP contribution in [0.3, 0.4) is 0 Å². The summed E-state index contributed by atoms with van der Waals surface area (Å²) in [5, 5.41) is 19.1. The second-order valence-corrected chi connectivity index (χ2v) is 3.90. The summed E-state index contributed by atoms with van der Waals surface area (Å²) in [6.45, 7) is 1.88. The maximum Gasteiger partial charge on any atom is 0.258 e. The number of H-pyrrole nitrogens is 1. The van der Waals surface area contributed by atoms with Crippen LogP contribution in [0, 0.1) is 18.3 Å². The highest BCUT2D eigenvalue weighted by Crippen LogP contribution is 2.24. The molecule has 0 atom stereocenters. The van der Waals surface area contributed by atoms with Gasteiger partial charge in [0.1, 0.15) is 6.33 Å². The van der Waals surface area contributed by atoms with Gasteiger partial charge in [-0.1, -0.05) is 5.16 Å². The van der Waals surface area contributed by atoms with E-state index in [0.29, 0.717) is 23.1 Å². The van der Waals surface area contributed by atoms with Gasteiger partial charge < -0.3 is 4.52 Å². The summed E-state index contributed by atoms with van der Waals surface area (Å²) in [5.41, 5.74) is 2.28. The smallest absolute Gasteiger partial charge is 0.258 e. The Hall–Kier alpha value is -3.01. The number of rotatable bonds is 2. The highest BCUT2D eigenvalue weighted by Gasteiger charge is 2.14. The lowest BCUT2D eigenvalue weighted by Gasteiger charge is -1.99. The summed E-state index contributed by atoms with van der Waals surface area (Å²) >= 11 is 0. The summed E-state index contributed by atoms with van der Waals surface area (Å²) in [6.07, 6.45) is 1.37. The predicted molar refractivity (Wildman–Crippen MR) is 64.6 cm³/mol. The molecule has 0 aliphatic carbocycles. The van der Waals surface area contributed by atoms with Crippen molar-refractivity contribution >= 4 is 0 Å². The SMILES string of the molecule is Cc1cc(C#N)ccc1-c1nc(-c2ncn[nH]2)no1. The van der Waals surface area contributed by atoms with Gasteiger partial charge in [-0.2, -0.15) is 15.3 Å². The molecule has 0 saturated heterocycles. The van der Waals surface area contributed by atoms with Gasteiger partial charge in [-0.3, -0.25) is 5.10 Å². The zero-order valence-electron chi connectivity index (χ0n) is 9.95. The molecule has 3 aromatic rings. The molecule has 0 unspecified atom stereocenters. The summed E-state index contributed by atoms with van der Waals surface area (Å²) in [6, 6.07) is 7.35. The van der Waals surface area contributed by atoms with Crippen LogP contribution in [0.15, 0.2) is 29.0 Å². The number of nitrogens with one attached hydrogen (secondary N) is 1.